The average molecular weight is 310 g/mol. The van der Waals surface area contributed by atoms with Crippen molar-refractivity contribution in [2.45, 2.75) is 38.5 Å². The van der Waals surface area contributed by atoms with Crippen LogP contribution in [0.1, 0.15) is 29.6 Å². The molecule has 0 bridgehead atoms. The first-order valence-electron chi connectivity index (χ1n) is 6.48. The van der Waals surface area contributed by atoms with Gasteiger partial charge in [-0.1, -0.05) is 25.5 Å². The molecule has 0 amide bonds. The van der Waals surface area contributed by atoms with Gasteiger partial charge in [-0.3, -0.25) is 4.72 Å². The topological polar surface area (TPSA) is 59.1 Å². The summed E-state index contributed by atoms with van der Waals surface area (Å²) in [6.45, 7) is 5.75. The summed E-state index contributed by atoms with van der Waals surface area (Å²) < 4.78 is 27.2. The van der Waals surface area contributed by atoms with Crippen molar-refractivity contribution in [2.75, 3.05) is 4.72 Å². The number of rotatable bonds is 5. The number of aryl methyl sites for hydroxylation is 3. The molecule has 2 rings (SSSR count). The third-order valence-electron chi connectivity index (χ3n) is 2.90. The molecule has 0 saturated heterocycles. The Morgan fingerprint density at radius 1 is 1.20 bits per heavy atom. The molecule has 0 spiro atoms. The summed E-state index contributed by atoms with van der Waals surface area (Å²) in [5.74, 6) is 0. The predicted molar refractivity (Wildman–Crippen MR) is 82.8 cm³/mol. The van der Waals surface area contributed by atoms with Crippen LogP contribution in [-0.4, -0.2) is 13.4 Å². The molecule has 0 atom stereocenters. The van der Waals surface area contributed by atoms with E-state index in [0.717, 1.165) is 23.4 Å². The number of benzene rings is 1. The molecule has 0 saturated carbocycles. The summed E-state index contributed by atoms with van der Waals surface area (Å²) in [4.78, 5) is 4.50. The standard InChI is InChI=1S/C14H18N2O2S2/c1-4-5-12-6-8-13(9-7-12)20(17,18)16-14-10(2)15-11(3)19-14/h6-9,16H,4-5H2,1-3H3. The van der Waals surface area contributed by atoms with E-state index in [0.29, 0.717) is 10.7 Å². The van der Waals surface area contributed by atoms with Crippen LogP contribution in [-0.2, 0) is 16.4 Å². The van der Waals surface area contributed by atoms with Crippen LogP contribution in [0.25, 0.3) is 0 Å². The first-order valence-corrected chi connectivity index (χ1v) is 8.78. The Morgan fingerprint density at radius 3 is 2.35 bits per heavy atom. The Morgan fingerprint density at radius 2 is 1.85 bits per heavy atom. The molecule has 0 unspecified atom stereocenters. The van der Waals surface area contributed by atoms with E-state index < -0.39 is 10.0 Å². The van der Waals surface area contributed by atoms with Gasteiger partial charge in [0, 0.05) is 0 Å². The summed E-state index contributed by atoms with van der Waals surface area (Å²) in [5, 5.41) is 1.43. The summed E-state index contributed by atoms with van der Waals surface area (Å²) in [6.07, 6.45) is 2.00. The van der Waals surface area contributed by atoms with Gasteiger partial charge in [0.15, 0.2) is 0 Å². The van der Waals surface area contributed by atoms with Gasteiger partial charge in [0.1, 0.15) is 5.00 Å². The maximum atomic E-state index is 12.3. The van der Waals surface area contributed by atoms with Crippen molar-refractivity contribution in [2.24, 2.45) is 0 Å². The minimum Gasteiger partial charge on any atom is -0.269 e. The zero-order valence-corrected chi connectivity index (χ0v) is 13.4. The number of thiazole rings is 1. The van der Waals surface area contributed by atoms with Crippen LogP contribution < -0.4 is 4.72 Å². The van der Waals surface area contributed by atoms with Gasteiger partial charge in [-0.15, -0.1) is 11.3 Å². The fourth-order valence-electron chi connectivity index (χ4n) is 1.93. The van der Waals surface area contributed by atoms with Crippen LogP contribution >= 0.6 is 11.3 Å². The number of hydrogen-bond acceptors (Lipinski definition) is 4. The van der Waals surface area contributed by atoms with Gasteiger partial charge in [0.05, 0.1) is 15.6 Å². The fraction of sp³-hybridized carbons (Fsp3) is 0.357. The third kappa shape index (κ3) is 3.37. The lowest BCUT2D eigenvalue weighted by molar-refractivity contribution is 0.601. The normalized spacial score (nSPS) is 11.6. The molecule has 4 nitrogen and oxygen atoms in total. The van der Waals surface area contributed by atoms with E-state index in [9.17, 15) is 8.42 Å². The molecular formula is C14H18N2O2S2. The largest absolute Gasteiger partial charge is 0.269 e. The van der Waals surface area contributed by atoms with E-state index in [1.54, 1.807) is 19.1 Å². The Balaban J connectivity index is 2.24. The van der Waals surface area contributed by atoms with Crippen molar-refractivity contribution in [3.8, 4) is 0 Å². The van der Waals surface area contributed by atoms with Gasteiger partial charge in [-0.25, -0.2) is 13.4 Å². The summed E-state index contributed by atoms with van der Waals surface area (Å²) in [5.41, 5.74) is 1.86. The monoisotopic (exact) mass is 310 g/mol. The van der Waals surface area contributed by atoms with E-state index in [4.69, 9.17) is 0 Å². The molecule has 0 aliphatic heterocycles. The lowest BCUT2D eigenvalue weighted by Crippen LogP contribution is -2.12. The molecule has 1 aromatic heterocycles. The molecule has 0 radical (unpaired) electrons. The molecule has 0 fully saturated rings. The highest BCUT2D eigenvalue weighted by Gasteiger charge is 2.17. The number of aromatic nitrogens is 1. The van der Waals surface area contributed by atoms with Crippen molar-refractivity contribution >= 4 is 26.4 Å². The second-order valence-corrected chi connectivity index (χ2v) is 7.53. The van der Waals surface area contributed by atoms with Crippen LogP contribution in [0, 0.1) is 13.8 Å². The first-order chi connectivity index (χ1) is 9.42. The third-order valence-corrected chi connectivity index (χ3v) is 5.39. The van der Waals surface area contributed by atoms with Gasteiger partial charge in [-0.05, 0) is 38.0 Å². The van der Waals surface area contributed by atoms with Crippen molar-refractivity contribution in [1.82, 2.24) is 4.98 Å². The Kier molecular flexibility index (Phi) is 4.45. The minimum absolute atomic E-state index is 0.280. The average Bonchev–Trinajstić information content (AvgIpc) is 2.68. The van der Waals surface area contributed by atoms with E-state index in [-0.39, 0.29) is 4.90 Å². The smallest absolute Gasteiger partial charge is 0.262 e. The Bertz CT molecular complexity index is 688. The zero-order chi connectivity index (χ0) is 14.8. The summed E-state index contributed by atoms with van der Waals surface area (Å²) in [7, 11) is -3.53. The molecule has 1 aromatic carbocycles. The molecule has 20 heavy (non-hydrogen) atoms. The molecular weight excluding hydrogens is 292 g/mol. The van der Waals surface area contributed by atoms with Crippen LogP contribution in [0.2, 0.25) is 0 Å². The molecule has 108 valence electrons. The van der Waals surface area contributed by atoms with Crippen molar-refractivity contribution in [3.05, 3.63) is 40.5 Å². The molecule has 0 aliphatic rings. The molecule has 1 N–H and O–H groups in total. The van der Waals surface area contributed by atoms with Crippen LogP contribution in [0.5, 0.6) is 0 Å². The van der Waals surface area contributed by atoms with Gasteiger partial charge in [0.25, 0.3) is 10.0 Å². The maximum Gasteiger partial charge on any atom is 0.262 e. The molecule has 0 aliphatic carbocycles. The SMILES string of the molecule is CCCc1ccc(S(=O)(=O)Nc2sc(C)nc2C)cc1. The summed E-state index contributed by atoms with van der Waals surface area (Å²) >= 11 is 1.35. The van der Waals surface area contributed by atoms with Gasteiger partial charge >= 0.3 is 0 Å². The first kappa shape index (κ1) is 15.0. The van der Waals surface area contributed by atoms with Crippen LogP contribution in [0.15, 0.2) is 29.2 Å². The van der Waals surface area contributed by atoms with E-state index >= 15 is 0 Å². The minimum atomic E-state index is -3.53. The lowest BCUT2D eigenvalue weighted by Gasteiger charge is -2.07. The zero-order valence-electron chi connectivity index (χ0n) is 11.8. The van der Waals surface area contributed by atoms with Crippen LogP contribution in [0.3, 0.4) is 0 Å². The molecule has 1 heterocycles. The highest BCUT2D eigenvalue weighted by atomic mass is 32.2. The number of nitrogens with zero attached hydrogens (tertiary/aromatic N) is 1. The van der Waals surface area contributed by atoms with Crippen molar-refractivity contribution in [3.63, 3.8) is 0 Å². The summed E-state index contributed by atoms with van der Waals surface area (Å²) in [6, 6.07) is 7.03. The van der Waals surface area contributed by atoms with Crippen molar-refractivity contribution < 1.29 is 8.42 Å². The highest BCUT2D eigenvalue weighted by molar-refractivity contribution is 7.93. The Hall–Kier alpha value is -1.40. The van der Waals surface area contributed by atoms with Crippen molar-refractivity contribution in [1.29, 1.82) is 0 Å². The van der Waals surface area contributed by atoms with Gasteiger partial charge < -0.3 is 0 Å². The number of hydrogen-bond donors (Lipinski definition) is 1. The van der Waals surface area contributed by atoms with E-state index in [1.807, 2.05) is 19.1 Å². The maximum absolute atomic E-state index is 12.3. The second kappa shape index (κ2) is 5.93. The molecule has 2 aromatic rings. The predicted octanol–water partition coefficient (Wildman–Crippen LogP) is 3.51. The van der Waals surface area contributed by atoms with Gasteiger partial charge in [0.2, 0.25) is 0 Å². The number of nitrogens with one attached hydrogen (secondary N) is 1. The number of sulfonamides is 1. The second-order valence-electron chi connectivity index (χ2n) is 4.65. The lowest BCUT2D eigenvalue weighted by atomic mass is 10.1. The molecule has 6 heteroatoms. The van der Waals surface area contributed by atoms with E-state index in [1.165, 1.54) is 11.3 Å². The quantitative estimate of drug-likeness (QED) is 0.919. The Labute approximate surface area is 123 Å². The highest BCUT2D eigenvalue weighted by Crippen LogP contribution is 2.26. The van der Waals surface area contributed by atoms with Gasteiger partial charge in [-0.2, -0.15) is 0 Å². The van der Waals surface area contributed by atoms with Crippen LogP contribution in [0.4, 0.5) is 5.00 Å². The number of anilines is 1. The fourth-order valence-corrected chi connectivity index (χ4v) is 4.10. The van der Waals surface area contributed by atoms with E-state index in [2.05, 4.69) is 16.6 Å².